The van der Waals surface area contributed by atoms with Gasteiger partial charge in [0, 0.05) is 19.4 Å². The molecule has 1 heterocycles. The Morgan fingerprint density at radius 2 is 2.04 bits per heavy atom. The van der Waals surface area contributed by atoms with Gasteiger partial charge in [-0.2, -0.15) is 0 Å². The molecule has 0 bridgehead atoms. The van der Waals surface area contributed by atoms with Gasteiger partial charge in [0.25, 0.3) is 0 Å². The summed E-state index contributed by atoms with van der Waals surface area (Å²) in [4.78, 5) is 16.4. The molecule has 124 valence electrons. The zero-order valence-corrected chi connectivity index (χ0v) is 13.2. The van der Waals surface area contributed by atoms with E-state index in [1.54, 1.807) is 29.1 Å². The molecule has 2 rings (SSSR count). The molecule has 2 aromatic rings. The van der Waals surface area contributed by atoms with Crippen molar-refractivity contribution in [3.63, 3.8) is 0 Å². The third kappa shape index (κ3) is 4.29. The maximum absolute atomic E-state index is 13.1. The summed E-state index contributed by atoms with van der Waals surface area (Å²) in [6, 6.07) is 4.65. The van der Waals surface area contributed by atoms with E-state index >= 15 is 0 Å². The largest absolute Gasteiger partial charge is 0.394 e. The highest BCUT2D eigenvalue weighted by Crippen LogP contribution is 2.20. The second-order valence-corrected chi connectivity index (χ2v) is 5.29. The van der Waals surface area contributed by atoms with Crippen molar-refractivity contribution in [1.82, 2.24) is 20.2 Å². The monoisotopic (exact) mass is 320 g/mol. The van der Waals surface area contributed by atoms with Gasteiger partial charge in [-0.1, -0.05) is 19.1 Å². The standard InChI is InChI=1S/C16H21FN4O2/c1-3-13(10-22)19-16(23)20-14(15-18-8-9-21(15)2)11-4-6-12(17)7-5-11/h4-9,13-14,22H,3,10H2,1-2H3,(H2,19,20,23)/t13-,14+/m0/s1. The number of aliphatic hydroxyl groups excluding tert-OH is 1. The summed E-state index contributed by atoms with van der Waals surface area (Å²) in [6.07, 6.45) is 4.02. The van der Waals surface area contributed by atoms with Crippen LogP contribution < -0.4 is 10.6 Å². The van der Waals surface area contributed by atoms with Crippen LogP contribution in [0.3, 0.4) is 0 Å². The maximum Gasteiger partial charge on any atom is 0.315 e. The number of carbonyl (C=O) groups excluding carboxylic acids is 1. The number of imidazole rings is 1. The zero-order valence-electron chi connectivity index (χ0n) is 13.2. The van der Waals surface area contributed by atoms with Gasteiger partial charge in [0.2, 0.25) is 0 Å². The van der Waals surface area contributed by atoms with Gasteiger partial charge in [-0.05, 0) is 24.1 Å². The number of halogens is 1. The van der Waals surface area contributed by atoms with Crippen LogP contribution in [0.1, 0.15) is 30.8 Å². The highest BCUT2D eigenvalue weighted by atomic mass is 19.1. The first kappa shape index (κ1) is 17.0. The van der Waals surface area contributed by atoms with E-state index < -0.39 is 12.1 Å². The highest BCUT2D eigenvalue weighted by molar-refractivity contribution is 5.75. The minimum atomic E-state index is -0.521. The summed E-state index contributed by atoms with van der Waals surface area (Å²) in [5.74, 6) is 0.284. The number of hydrogen-bond donors (Lipinski definition) is 3. The van der Waals surface area contributed by atoms with Crippen molar-refractivity contribution in [2.24, 2.45) is 7.05 Å². The number of aliphatic hydroxyl groups is 1. The summed E-state index contributed by atoms with van der Waals surface area (Å²) in [5.41, 5.74) is 0.716. The average molecular weight is 320 g/mol. The highest BCUT2D eigenvalue weighted by Gasteiger charge is 2.21. The van der Waals surface area contributed by atoms with Crippen LogP contribution in [0.15, 0.2) is 36.7 Å². The Balaban J connectivity index is 2.22. The first-order chi connectivity index (χ1) is 11.0. The number of amides is 2. The third-order valence-corrected chi connectivity index (χ3v) is 3.64. The van der Waals surface area contributed by atoms with Crippen molar-refractivity contribution in [3.8, 4) is 0 Å². The molecule has 0 radical (unpaired) electrons. The Hall–Kier alpha value is -2.41. The number of nitrogens with one attached hydrogen (secondary N) is 2. The molecule has 0 aliphatic rings. The van der Waals surface area contributed by atoms with E-state index in [-0.39, 0.29) is 18.5 Å². The molecule has 0 aliphatic heterocycles. The Bertz CT molecular complexity index is 638. The molecule has 2 amide bonds. The van der Waals surface area contributed by atoms with Crippen LogP contribution in [0.25, 0.3) is 0 Å². The fourth-order valence-electron chi connectivity index (χ4n) is 2.24. The minimum absolute atomic E-state index is 0.131. The average Bonchev–Trinajstić information content (AvgIpc) is 2.97. The molecule has 0 saturated heterocycles. The van der Waals surface area contributed by atoms with E-state index in [1.165, 1.54) is 12.1 Å². The zero-order chi connectivity index (χ0) is 16.8. The van der Waals surface area contributed by atoms with E-state index in [1.807, 2.05) is 14.0 Å². The summed E-state index contributed by atoms with van der Waals surface area (Å²) in [7, 11) is 1.82. The maximum atomic E-state index is 13.1. The fraction of sp³-hybridized carbons (Fsp3) is 0.375. The first-order valence-electron chi connectivity index (χ1n) is 7.45. The predicted molar refractivity (Wildman–Crippen MR) is 84.3 cm³/mol. The van der Waals surface area contributed by atoms with Gasteiger partial charge in [0.05, 0.1) is 12.6 Å². The molecule has 0 unspecified atom stereocenters. The molecule has 0 saturated carbocycles. The van der Waals surface area contributed by atoms with Crippen LogP contribution in [0.5, 0.6) is 0 Å². The van der Waals surface area contributed by atoms with Crippen LogP contribution in [-0.4, -0.2) is 33.3 Å². The minimum Gasteiger partial charge on any atom is -0.394 e. The lowest BCUT2D eigenvalue weighted by Gasteiger charge is -2.21. The number of benzene rings is 1. The van der Waals surface area contributed by atoms with Gasteiger partial charge in [-0.15, -0.1) is 0 Å². The van der Waals surface area contributed by atoms with Crippen molar-refractivity contribution in [3.05, 3.63) is 53.9 Å². The quantitative estimate of drug-likeness (QED) is 0.758. The van der Waals surface area contributed by atoms with Crippen molar-refractivity contribution in [1.29, 1.82) is 0 Å². The lowest BCUT2D eigenvalue weighted by Crippen LogP contribution is -2.45. The second-order valence-electron chi connectivity index (χ2n) is 5.29. The number of rotatable bonds is 6. The molecule has 0 aliphatic carbocycles. The Kier molecular flexibility index (Phi) is 5.70. The van der Waals surface area contributed by atoms with Crippen molar-refractivity contribution < 1.29 is 14.3 Å². The first-order valence-corrected chi connectivity index (χ1v) is 7.45. The SMILES string of the molecule is CC[C@@H](CO)NC(=O)N[C@H](c1ccc(F)cc1)c1nccn1C. The van der Waals surface area contributed by atoms with E-state index in [4.69, 9.17) is 0 Å². The van der Waals surface area contributed by atoms with Crippen molar-refractivity contribution in [2.45, 2.75) is 25.4 Å². The summed E-state index contributed by atoms with van der Waals surface area (Å²) >= 11 is 0. The van der Waals surface area contributed by atoms with Crippen LogP contribution in [-0.2, 0) is 7.05 Å². The molecule has 1 aromatic heterocycles. The van der Waals surface area contributed by atoms with E-state index in [0.717, 1.165) is 0 Å². The lowest BCUT2D eigenvalue weighted by atomic mass is 10.1. The van der Waals surface area contributed by atoms with Gasteiger partial charge in [0.15, 0.2) is 0 Å². The van der Waals surface area contributed by atoms with Crippen LogP contribution in [0.4, 0.5) is 9.18 Å². The Morgan fingerprint density at radius 3 is 2.57 bits per heavy atom. The summed E-state index contributed by atoms with van der Waals surface area (Å²) in [5, 5.41) is 14.7. The molecular formula is C16H21FN4O2. The predicted octanol–water partition coefficient (Wildman–Crippen LogP) is 1.72. The molecule has 23 heavy (non-hydrogen) atoms. The third-order valence-electron chi connectivity index (χ3n) is 3.64. The molecule has 6 nitrogen and oxygen atoms in total. The Labute approximate surface area is 134 Å². The molecule has 3 N–H and O–H groups in total. The molecular weight excluding hydrogens is 299 g/mol. The number of aryl methyl sites for hydroxylation is 1. The van der Waals surface area contributed by atoms with Gasteiger partial charge >= 0.3 is 6.03 Å². The van der Waals surface area contributed by atoms with Crippen molar-refractivity contribution in [2.75, 3.05) is 6.61 Å². The fourth-order valence-corrected chi connectivity index (χ4v) is 2.24. The lowest BCUT2D eigenvalue weighted by molar-refractivity contribution is 0.212. The van der Waals surface area contributed by atoms with E-state index in [0.29, 0.717) is 17.8 Å². The molecule has 2 atom stereocenters. The number of hydrogen-bond acceptors (Lipinski definition) is 3. The molecule has 0 fully saturated rings. The summed E-state index contributed by atoms with van der Waals surface area (Å²) < 4.78 is 14.9. The van der Waals surface area contributed by atoms with Crippen LogP contribution in [0, 0.1) is 5.82 Å². The van der Waals surface area contributed by atoms with Gasteiger partial charge < -0.3 is 20.3 Å². The van der Waals surface area contributed by atoms with Crippen molar-refractivity contribution >= 4 is 6.03 Å². The molecule has 7 heteroatoms. The number of urea groups is 1. The van der Waals surface area contributed by atoms with Crippen LogP contribution in [0.2, 0.25) is 0 Å². The Morgan fingerprint density at radius 1 is 1.35 bits per heavy atom. The van der Waals surface area contributed by atoms with Gasteiger partial charge in [-0.25, -0.2) is 14.2 Å². The summed E-state index contributed by atoms with van der Waals surface area (Å²) in [6.45, 7) is 1.74. The van der Waals surface area contributed by atoms with Gasteiger partial charge in [-0.3, -0.25) is 0 Å². The van der Waals surface area contributed by atoms with E-state index in [9.17, 15) is 14.3 Å². The molecule has 1 aromatic carbocycles. The number of aromatic nitrogens is 2. The van der Waals surface area contributed by atoms with E-state index in [2.05, 4.69) is 15.6 Å². The number of nitrogens with zero attached hydrogens (tertiary/aromatic N) is 2. The van der Waals surface area contributed by atoms with Crippen LogP contribution >= 0.6 is 0 Å². The van der Waals surface area contributed by atoms with Gasteiger partial charge in [0.1, 0.15) is 17.7 Å². The normalized spacial score (nSPS) is 13.4. The smallest absolute Gasteiger partial charge is 0.315 e. The number of carbonyl (C=O) groups is 1. The molecule has 0 spiro atoms. The second kappa shape index (κ2) is 7.73. The topological polar surface area (TPSA) is 79.2 Å².